The Morgan fingerprint density at radius 1 is 1.18 bits per heavy atom. The lowest BCUT2D eigenvalue weighted by Gasteiger charge is -2.07. The highest BCUT2D eigenvalue weighted by atomic mass is 32.1. The van der Waals surface area contributed by atoms with E-state index in [9.17, 15) is 4.79 Å². The Morgan fingerprint density at radius 2 is 2.00 bits per heavy atom. The van der Waals surface area contributed by atoms with Crippen LogP contribution in [0, 0.1) is 0 Å². The molecular formula is C13H10N2OS. The Hall–Kier alpha value is -1.94. The predicted octanol–water partition coefficient (Wildman–Crippen LogP) is 2.51. The number of hydrogen-bond acceptors (Lipinski definition) is 3. The fraction of sp³-hybridized carbons (Fsp3) is 0.0769. The van der Waals surface area contributed by atoms with E-state index < -0.39 is 0 Å². The molecule has 2 aromatic heterocycles. The van der Waals surface area contributed by atoms with Crippen molar-refractivity contribution in [3.8, 4) is 0 Å². The van der Waals surface area contributed by atoms with Crippen LogP contribution in [0.25, 0.3) is 10.2 Å². The zero-order chi connectivity index (χ0) is 11.7. The van der Waals surface area contributed by atoms with Crippen molar-refractivity contribution >= 4 is 21.6 Å². The van der Waals surface area contributed by atoms with Crippen LogP contribution in [0.3, 0.4) is 0 Å². The zero-order valence-electron chi connectivity index (χ0n) is 9.04. The third-order valence-electron chi connectivity index (χ3n) is 2.66. The van der Waals surface area contributed by atoms with Gasteiger partial charge in [0.25, 0.3) is 5.56 Å². The van der Waals surface area contributed by atoms with E-state index in [0.717, 1.165) is 16.8 Å². The Morgan fingerprint density at radius 3 is 2.82 bits per heavy atom. The van der Waals surface area contributed by atoms with Crippen LogP contribution >= 0.6 is 11.3 Å². The van der Waals surface area contributed by atoms with Crippen LogP contribution in [0.4, 0.5) is 0 Å². The minimum atomic E-state index is -0.140. The summed E-state index contributed by atoms with van der Waals surface area (Å²) < 4.78 is 2.73. The van der Waals surface area contributed by atoms with Crippen LogP contribution in [-0.2, 0) is 6.54 Å². The third kappa shape index (κ3) is 1.87. The summed E-state index contributed by atoms with van der Waals surface area (Å²) in [7, 11) is 0. The van der Waals surface area contributed by atoms with E-state index >= 15 is 0 Å². The van der Waals surface area contributed by atoms with Crippen LogP contribution in [0.15, 0.2) is 52.9 Å². The molecule has 1 aromatic carbocycles. The van der Waals surface area contributed by atoms with Crippen molar-refractivity contribution < 1.29 is 0 Å². The molecule has 0 spiro atoms. The largest absolute Gasteiger partial charge is 0.326 e. The molecule has 0 aliphatic heterocycles. The van der Waals surface area contributed by atoms with Crippen molar-refractivity contribution in [2.75, 3.05) is 0 Å². The van der Waals surface area contributed by atoms with E-state index in [-0.39, 0.29) is 5.56 Å². The van der Waals surface area contributed by atoms with Crippen LogP contribution in [0.2, 0.25) is 0 Å². The molecule has 0 amide bonds. The quantitative estimate of drug-likeness (QED) is 0.692. The molecule has 0 radical (unpaired) electrons. The molecule has 0 fully saturated rings. The number of benzene rings is 1. The van der Waals surface area contributed by atoms with Crippen molar-refractivity contribution in [3.63, 3.8) is 0 Å². The Balaban J connectivity index is 2.10. The summed E-state index contributed by atoms with van der Waals surface area (Å²) in [4.78, 5) is 15.4. The second-order valence-corrected chi connectivity index (χ2v) is 4.71. The van der Waals surface area contributed by atoms with E-state index in [2.05, 4.69) is 17.1 Å². The summed E-state index contributed by atoms with van der Waals surface area (Å²) in [5.74, 6) is 0. The Labute approximate surface area is 102 Å². The molecule has 3 aromatic rings. The minimum absolute atomic E-state index is 0.140. The highest BCUT2D eigenvalue weighted by molar-refractivity contribution is 7.17. The Kier molecular flexibility index (Phi) is 2.49. The molecule has 0 N–H and O–H groups in total. The molecule has 4 heteroatoms. The van der Waals surface area contributed by atoms with Gasteiger partial charge in [0.2, 0.25) is 0 Å². The van der Waals surface area contributed by atoms with Crippen molar-refractivity contribution in [2.45, 2.75) is 6.54 Å². The lowest BCUT2D eigenvalue weighted by atomic mass is 10.2. The van der Waals surface area contributed by atoms with Gasteiger partial charge in [0, 0.05) is 6.54 Å². The van der Waals surface area contributed by atoms with Gasteiger partial charge in [-0.05, 0) is 17.0 Å². The second kappa shape index (κ2) is 4.14. The van der Waals surface area contributed by atoms with Gasteiger partial charge in [0.1, 0.15) is 4.70 Å². The molecule has 0 aliphatic rings. The number of fused-ring (bicyclic) bond motifs is 1. The highest BCUT2D eigenvalue weighted by Crippen LogP contribution is 2.16. The van der Waals surface area contributed by atoms with Crippen LogP contribution in [-0.4, -0.2) is 9.55 Å². The molecule has 0 bridgehead atoms. The predicted molar refractivity (Wildman–Crippen MR) is 69.4 cm³/mol. The molecule has 17 heavy (non-hydrogen) atoms. The van der Waals surface area contributed by atoms with E-state index in [1.165, 1.54) is 16.9 Å². The van der Waals surface area contributed by atoms with E-state index in [1.54, 1.807) is 6.33 Å². The number of thiophene rings is 1. The van der Waals surface area contributed by atoms with Crippen molar-refractivity contribution in [3.05, 3.63) is 64.0 Å². The lowest BCUT2D eigenvalue weighted by Crippen LogP contribution is -2.11. The van der Waals surface area contributed by atoms with Gasteiger partial charge < -0.3 is 4.57 Å². The number of nitrogens with zero attached hydrogens (tertiary/aromatic N) is 2. The third-order valence-corrected chi connectivity index (χ3v) is 3.55. The SMILES string of the molecule is O=c1ncn(Cc2ccccc2)c2ccsc12. The smallest absolute Gasteiger partial charge is 0.290 e. The summed E-state index contributed by atoms with van der Waals surface area (Å²) >= 11 is 1.44. The molecule has 3 rings (SSSR count). The van der Waals surface area contributed by atoms with Crippen molar-refractivity contribution in [1.82, 2.24) is 9.55 Å². The fourth-order valence-corrected chi connectivity index (χ4v) is 2.63. The molecule has 0 aliphatic carbocycles. The molecule has 0 unspecified atom stereocenters. The van der Waals surface area contributed by atoms with Gasteiger partial charge in [0.15, 0.2) is 0 Å². The van der Waals surface area contributed by atoms with Gasteiger partial charge in [0.05, 0.1) is 11.8 Å². The minimum Gasteiger partial charge on any atom is -0.326 e. The fourth-order valence-electron chi connectivity index (χ4n) is 1.84. The number of aromatic nitrogens is 2. The summed E-state index contributed by atoms with van der Waals surface area (Å²) in [5, 5.41) is 1.93. The van der Waals surface area contributed by atoms with Crippen LogP contribution < -0.4 is 5.56 Å². The molecule has 3 nitrogen and oxygen atoms in total. The van der Waals surface area contributed by atoms with Gasteiger partial charge >= 0.3 is 0 Å². The zero-order valence-corrected chi connectivity index (χ0v) is 9.85. The Bertz CT molecular complexity index is 700. The molecule has 0 saturated carbocycles. The molecule has 2 heterocycles. The van der Waals surface area contributed by atoms with E-state index in [4.69, 9.17) is 0 Å². The van der Waals surface area contributed by atoms with E-state index in [1.807, 2.05) is 34.2 Å². The summed E-state index contributed by atoms with van der Waals surface area (Å²) in [6.07, 6.45) is 1.62. The average Bonchev–Trinajstić information content (AvgIpc) is 2.84. The first-order chi connectivity index (χ1) is 8.34. The first-order valence-electron chi connectivity index (χ1n) is 5.31. The summed E-state index contributed by atoms with van der Waals surface area (Å²) in [5.41, 5.74) is 2.02. The topological polar surface area (TPSA) is 34.9 Å². The number of hydrogen-bond donors (Lipinski definition) is 0. The monoisotopic (exact) mass is 242 g/mol. The van der Waals surface area contributed by atoms with Crippen molar-refractivity contribution in [1.29, 1.82) is 0 Å². The maximum atomic E-state index is 11.5. The van der Waals surface area contributed by atoms with Gasteiger partial charge in [-0.25, -0.2) is 0 Å². The van der Waals surface area contributed by atoms with Crippen molar-refractivity contribution in [2.24, 2.45) is 0 Å². The van der Waals surface area contributed by atoms with Crippen LogP contribution in [0.1, 0.15) is 5.56 Å². The lowest BCUT2D eigenvalue weighted by molar-refractivity contribution is 0.800. The first-order valence-corrected chi connectivity index (χ1v) is 6.19. The first kappa shape index (κ1) is 10.2. The summed E-state index contributed by atoms with van der Waals surface area (Å²) in [6.45, 7) is 0.737. The average molecular weight is 242 g/mol. The highest BCUT2D eigenvalue weighted by Gasteiger charge is 2.05. The van der Waals surface area contributed by atoms with Gasteiger partial charge in [-0.15, -0.1) is 11.3 Å². The van der Waals surface area contributed by atoms with Gasteiger partial charge in [-0.3, -0.25) is 4.79 Å². The van der Waals surface area contributed by atoms with Gasteiger partial charge in [-0.2, -0.15) is 4.98 Å². The van der Waals surface area contributed by atoms with Crippen LogP contribution in [0.5, 0.6) is 0 Å². The molecule has 0 atom stereocenters. The van der Waals surface area contributed by atoms with Gasteiger partial charge in [-0.1, -0.05) is 30.3 Å². The number of rotatable bonds is 2. The molecule has 84 valence electrons. The maximum absolute atomic E-state index is 11.5. The summed E-state index contributed by atoms with van der Waals surface area (Å²) in [6, 6.07) is 12.1. The standard InChI is InChI=1S/C13H10N2OS/c16-13-12-11(6-7-17-12)15(9-14-13)8-10-4-2-1-3-5-10/h1-7,9H,8H2. The molecular weight excluding hydrogens is 232 g/mol. The maximum Gasteiger partial charge on any atom is 0.290 e. The second-order valence-electron chi connectivity index (χ2n) is 3.80. The molecule has 0 saturated heterocycles. The normalized spacial score (nSPS) is 10.8. The van der Waals surface area contributed by atoms with E-state index in [0.29, 0.717) is 0 Å².